The van der Waals surface area contributed by atoms with Crippen molar-refractivity contribution in [3.05, 3.63) is 124 Å². The summed E-state index contributed by atoms with van der Waals surface area (Å²) in [6.07, 6.45) is -8.16. The molecular weight excluding hydrogens is 542 g/mol. The largest absolute Gasteiger partial charge is 0.416 e. The number of carbonyl (C=O) groups excluding carboxylic acids is 1. The van der Waals surface area contributed by atoms with Crippen LogP contribution in [0.4, 0.5) is 32.0 Å². The van der Waals surface area contributed by atoms with Crippen LogP contribution in [0.2, 0.25) is 0 Å². The number of benzene rings is 4. The van der Waals surface area contributed by atoms with Gasteiger partial charge < -0.3 is 5.32 Å². The number of hydrogen-bond donors (Lipinski definition) is 2. The van der Waals surface area contributed by atoms with Crippen LogP contribution in [0.15, 0.2) is 91.0 Å². The van der Waals surface area contributed by atoms with Gasteiger partial charge in [-0.2, -0.15) is 26.3 Å². The van der Waals surface area contributed by atoms with Crippen LogP contribution in [0.5, 0.6) is 0 Å². The molecule has 0 fully saturated rings. The number of aryl methyl sites for hydroxylation is 1. The molecule has 4 aromatic rings. The van der Waals surface area contributed by atoms with Gasteiger partial charge in [-0.25, -0.2) is 0 Å². The van der Waals surface area contributed by atoms with Crippen molar-refractivity contribution in [2.75, 3.05) is 5.32 Å². The third-order valence-electron chi connectivity index (χ3n) is 7.28. The van der Waals surface area contributed by atoms with Crippen LogP contribution in [-0.2, 0) is 19.0 Å². The molecule has 0 aliphatic heterocycles. The highest BCUT2D eigenvalue weighted by Crippen LogP contribution is 2.36. The highest BCUT2D eigenvalue weighted by molar-refractivity contribution is 6.09. The minimum Gasteiger partial charge on any atom is -0.322 e. The second kappa shape index (κ2) is 11.0. The summed E-state index contributed by atoms with van der Waals surface area (Å²) in [4.78, 5) is 13.3. The van der Waals surface area contributed by atoms with Crippen molar-refractivity contribution in [1.82, 2.24) is 5.32 Å². The van der Waals surface area contributed by atoms with Crippen molar-refractivity contribution in [3.8, 4) is 11.1 Å². The average Bonchev–Trinajstić information content (AvgIpc) is 3.33. The first kappa shape index (κ1) is 28.4. The number of hydrogen-bond acceptors (Lipinski definition) is 2. The van der Waals surface area contributed by atoms with Gasteiger partial charge in [0.2, 0.25) is 0 Å². The third-order valence-corrected chi connectivity index (χ3v) is 7.28. The number of anilines is 1. The maximum absolute atomic E-state index is 13.9. The van der Waals surface area contributed by atoms with E-state index in [1.165, 1.54) is 24.3 Å². The monoisotopic (exact) mass is 568 g/mol. The molecule has 0 aromatic heterocycles. The molecule has 0 radical (unpaired) electrons. The second-order valence-electron chi connectivity index (χ2n) is 10.2. The predicted molar refractivity (Wildman–Crippen MR) is 146 cm³/mol. The van der Waals surface area contributed by atoms with Crippen molar-refractivity contribution in [1.29, 1.82) is 0 Å². The molecule has 212 valence electrons. The summed E-state index contributed by atoms with van der Waals surface area (Å²) in [7, 11) is 0. The van der Waals surface area contributed by atoms with Gasteiger partial charge in [-0.05, 0) is 83.5 Å². The fraction of sp³-hybridized carbons (Fsp3) is 0.219. The molecule has 2 atom stereocenters. The molecule has 0 spiro atoms. The van der Waals surface area contributed by atoms with E-state index in [4.69, 9.17) is 0 Å². The standard InChI is InChI=1S/C32H26F6N2O/c1-19-6-5-9-27(28(19)20-10-13-24(14-11-20)31(33,34)35)30(41)40-25-15-12-22-16-26(18-23(22)17-25)39-29(32(36,37)38)21-7-3-2-4-8-21/h2-15,17,26,29,39H,16,18H2,1H3,(H,40,41)/t26-,29?/m0/s1. The third kappa shape index (κ3) is 6.30. The summed E-state index contributed by atoms with van der Waals surface area (Å²) in [6, 6.07) is 20.4. The van der Waals surface area contributed by atoms with E-state index < -0.39 is 35.9 Å². The second-order valence-corrected chi connectivity index (χ2v) is 10.2. The number of amides is 1. The first-order chi connectivity index (χ1) is 19.4. The predicted octanol–water partition coefficient (Wildman–Crippen LogP) is 8.29. The normalized spacial score (nSPS) is 15.8. The lowest BCUT2D eigenvalue weighted by Crippen LogP contribution is -2.41. The van der Waals surface area contributed by atoms with Crippen LogP contribution in [-0.4, -0.2) is 18.1 Å². The van der Waals surface area contributed by atoms with Gasteiger partial charge in [-0.3, -0.25) is 10.1 Å². The molecule has 2 N–H and O–H groups in total. The number of alkyl halides is 6. The minimum atomic E-state index is -4.47. The van der Waals surface area contributed by atoms with Gasteiger partial charge >= 0.3 is 12.4 Å². The maximum atomic E-state index is 13.9. The van der Waals surface area contributed by atoms with E-state index in [1.807, 2.05) is 0 Å². The van der Waals surface area contributed by atoms with Crippen molar-refractivity contribution >= 4 is 11.6 Å². The number of fused-ring (bicyclic) bond motifs is 1. The Kier molecular flexibility index (Phi) is 7.66. The van der Waals surface area contributed by atoms with Crippen molar-refractivity contribution < 1.29 is 31.1 Å². The van der Waals surface area contributed by atoms with Gasteiger partial charge in [0.1, 0.15) is 6.04 Å². The van der Waals surface area contributed by atoms with E-state index >= 15 is 0 Å². The summed E-state index contributed by atoms with van der Waals surface area (Å²) in [5.41, 5.74) is 3.58. The molecule has 0 saturated heterocycles. The first-order valence-electron chi connectivity index (χ1n) is 13.0. The smallest absolute Gasteiger partial charge is 0.322 e. The highest BCUT2D eigenvalue weighted by atomic mass is 19.4. The van der Waals surface area contributed by atoms with E-state index in [-0.39, 0.29) is 5.56 Å². The number of nitrogens with one attached hydrogen (secondary N) is 2. The van der Waals surface area contributed by atoms with Crippen LogP contribution in [0, 0.1) is 6.92 Å². The summed E-state index contributed by atoms with van der Waals surface area (Å²) in [5.74, 6) is -0.447. The Labute approximate surface area is 233 Å². The van der Waals surface area contributed by atoms with Gasteiger partial charge in [0.05, 0.1) is 5.56 Å². The van der Waals surface area contributed by atoms with Crippen LogP contribution < -0.4 is 10.6 Å². The van der Waals surface area contributed by atoms with E-state index in [2.05, 4.69) is 10.6 Å². The minimum absolute atomic E-state index is 0.144. The lowest BCUT2D eigenvalue weighted by molar-refractivity contribution is -0.159. The van der Waals surface area contributed by atoms with Gasteiger partial charge in [-0.15, -0.1) is 0 Å². The molecule has 0 heterocycles. The Hall–Kier alpha value is -4.11. The summed E-state index contributed by atoms with van der Waals surface area (Å²) in [5, 5.41) is 5.61. The molecule has 1 aliphatic rings. The lowest BCUT2D eigenvalue weighted by atomic mass is 9.93. The molecule has 1 aliphatic carbocycles. The summed E-state index contributed by atoms with van der Waals surface area (Å²) < 4.78 is 80.7. The topological polar surface area (TPSA) is 41.1 Å². The molecule has 1 amide bonds. The molecule has 1 unspecified atom stereocenters. The van der Waals surface area contributed by atoms with Crippen molar-refractivity contribution in [2.45, 2.75) is 44.2 Å². The Morgan fingerprint density at radius 3 is 2.15 bits per heavy atom. The van der Waals surface area contributed by atoms with E-state index in [0.29, 0.717) is 35.2 Å². The Morgan fingerprint density at radius 1 is 0.805 bits per heavy atom. The van der Waals surface area contributed by atoms with Crippen LogP contribution >= 0.6 is 0 Å². The van der Waals surface area contributed by atoms with Crippen LogP contribution in [0.3, 0.4) is 0 Å². The van der Waals surface area contributed by atoms with E-state index in [0.717, 1.165) is 28.8 Å². The van der Waals surface area contributed by atoms with Crippen LogP contribution in [0.1, 0.15) is 44.2 Å². The molecule has 4 aromatic carbocycles. The van der Waals surface area contributed by atoms with Crippen molar-refractivity contribution in [2.24, 2.45) is 0 Å². The molecule has 3 nitrogen and oxygen atoms in total. The van der Waals surface area contributed by atoms with Gasteiger partial charge in [0.25, 0.3) is 5.91 Å². The zero-order valence-corrected chi connectivity index (χ0v) is 21.9. The van der Waals surface area contributed by atoms with E-state index in [1.54, 1.807) is 61.5 Å². The zero-order chi connectivity index (χ0) is 29.4. The summed E-state index contributed by atoms with van der Waals surface area (Å²) >= 11 is 0. The molecule has 0 saturated carbocycles. The van der Waals surface area contributed by atoms with Gasteiger partial charge in [-0.1, -0.05) is 60.7 Å². The Balaban J connectivity index is 1.33. The van der Waals surface area contributed by atoms with E-state index in [9.17, 15) is 31.1 Å². The van der Waals surface area contributed by atoms with Gasteiger partial charge in [0, 0.05) is 17.3 Å². The highest BCUT2D eigenvalue weighted by Gasteiger charge is 2.42. The fourth-order valence-corrected chi connectivity index (χ4v) is 5.34. The molecule has 0 bridgehead atoms. The fourth-order valence-electron chi connectivity index (χ4n) is 5.34. The molecule has 9 heteroatoms. The number of halogens is 6. The summed E-state index contributed by atoms with van der Waals surface area (Å²) in [6.45, 7) is 1.77. The Morgan fingerprint density at radius 2 is 1.49 bits per heavy atom. The molecule has 5 rings (SSSR count). The van der Waals surface area contributed by atoms with Crippen molar-refractivity contribution in [3.63, 3.8) is 0 Å². The number of carbonyl (C=O) groups is 1. The average molecular weight is 569 g/mol. The number of rotatable bonds is 6. The quantitative estimate of drug-likeness (QED) is 0.230. The Bertz CT molecular complexity index is 1550. The van der Waals surface area contributed by atoms with Gasteiger partial charge in [0.15, 0.2) is 0 Å². The van der Waals surface area contributed by atoms with Crippen LogP contribution in [0.25, 0.3) is 11.1 Å². The zero-order valence-electron chi connectivity index (χ0n) is 21.9. The first-order valence-corrected chi connectivity index (χ1v) is 13.0. The molecular formula is C32H26F6N2O. The maximum Gasteiger partial charge on any atom is 0.416 e. The SMILES string of the molecule is Cc1cccc(C(=O)Nc2ccc3c(c2)C[C@@H](NC(c2ccccc2)C(F)(F)F)C3)c1-c1ccc(C(F)(F)F)cc1. The lowest BCUT2D eigenvalue weighted by Gasteiger charge is -2.25. The molecule has 41 heavy (non-hydrogen) atoms.